The molecule has 6 nitrogen and oxygen atoms in total. The molecule has 3 N–H and O–H groups in total. The number of carbonyl (C=O) groups excluding carboxylic acids is 2. The smallest absolute Gasteiger partial charge is 0.251 e. The summed E-state index contributed by atoms with van der Waals surface area (Å²) in [7, 11) is 1.44. The van der Waals surface area contributed by atoms with E-state index in [-0.39, 0.29) is 36.6 Å². The number of amides is 2. The third-order valence-corrected chi connectivity index (χ3v) is 3.10. The summed E-state index contributed by atoms with van der Waals surface area (Å²) < 4.78 is 4.91. The van der Waals surface area contributed by atoms with Crippen molar-refractivity contribution in [2.45, 2.75) is 32.7 Å². The number of ether oxygens (including phenoxy) is 1. The molecule has 0 heterocycles. The van der Waals surface area contributed by atoms with E-state index in [9.17, 15) is 14.7 Å². The lowest BCUT2D eigenvalue weighted by Crippen LogP contribution is -2.35. The molecule has 21 heavy (non-hydrogen) atoms. The summed E-state index contributed by atoms with van der Waals surface area (Å²) in [6, 6.07) is 4.52. The average Bonchev–Trinajstić information content (AvgIpc) is 2.46. The van der Waals surface area contributed by atoms with Crippen molar-refractivity contribution in [2.75, 3.05) is 13.7 Å². The summed E-state index contributed by atoms with van der Waals surface area (Å²) in [6.07, 6.45) is 1.08. The molecule has 0 fully saturated rings. The van der Waals surface area contributed by atoms with Gasteiger partial charge >= 0.3 is 0 Å². The van der Waals surface area contributed by atoms with Gasteiger partial charge in [-0.1, -0.05) is 6.92 Å². The van der Waals surface area contributed by atoms with Crippen LogP contribution in [0.4, 0.5) is 0 Å². The molecular weight excluding hydrogens is 272 g/mol. The molecule has 0 radical (unpaired) electrons. The van der Waals surface area contributed by atoms with E-state index in [4.69, 9.17) is 4.74 Å². The van der Waals surface area contributed by atoms with Gasteiger partial charge in [0.25, 0.3) is 5.91 Å². The van der Waals surface area contributed by atoms with Crippen molar-refractivity contribution in [3.63, 3.8) is 0 Å². The van der Waals surface area contributed by atoms with E-state index in [0.29, 0.717) is 11.3 Å². The molecule has 2 amide bonds. The number of benzene rings is 1. The van der Waals surface area contributed by atoms with E-state index in [1.165, 1.54) is 19.2 Å². The number of rotatable bonds is 7. The average molecular weight is 294 g/mol. The molecule has 6 heteroatoms. The summed E-state index contributed by atoms with van der Waals surface area (Å²) in [5.74, 6) is -0.231. The van der Waals surface area contributed by atoms with Crippen molar-refractivity contribution < 1.29 is 19.4 Å². The maximum absolute atomic E-state index is 11.9. The van der Waals surface area contributed by atoms with Crippen molar-refractivity contribution in [3.8, 4) is 11.5 Å². The Morgan fingerprint density at radius 1 is 1.38 bits per heavy atom. The fourth-order valence-electron chi connectivity index (χ4n) is 1.67. The van der Waals surface area contributed by atoms with Crippen LogP contribution in [-0.2, 0) is 4.79 Å². The molecule has 0 saturated heterocycles. The van der Waals surface area contributed by atoms with Crippen LogP contribution in [0.5, 0.6) is 11.5 Å². The van der Waals surface area contributed by atoms with Gasteiger partial charge in [0.2, 0.25) is 5.91 Å². The maximum Gasteiger partial charge on any atom is 0.251 e. The molecule has 1 unspecified atom stereocenters. The second kappa shape index (κ2) is 8.14. The Balaban J connectivity index is 2.44. The minimum atomic E-state index is -0.343. The Morgan fingerprint density at radius 3 is 2.67 bits per heavy atom. The zero-order chi connectivity index (χ0) is 15.8. The van der Waals surface area contributed by atoms with Crippen LogP contribution in [0.1, 0.15) is 37.0 Å². The quantitative estimate of drug-likeness (QED) is 0.710. The van der Waals surface area contributed by atoms with Crippen LogP contribution < -0.4 is 15.4 Å². The molecule has 0 aliphatic carbocycles. The summed E-state index contributed by atoms with van der Waals surface area (Å²) >= 11 is 0. The van der Waals surface area contributed by atoms with Crippen LogP contribution >= 0.6 is 0 Å². The fourth-order valence-corrected chi connectivity index (χ4v) is 1.67. The second-order valence-corrected chi connectivity index (χ2v) is 4.77. The Hall–Kier alpha value is -2.24. The Kier molecular flexibility index (Phi) is 6.52. The lowest BCUT2D eigenvalue weighted by Gasteiger charge is -2.11. The molecule has 0 saturated carbocycles. The standard InChI is InChI=1S/C15H22N2O4/c1-4-10(2)17-14(19)7-8-16-15(20)11-5-6-13(21-3)12(18)9-11/h5-6,9-10,18H,4,7-8H2,1-3H3,(H,16,20)(H,17,19). The largest absolute Gasteiger partial charge is 0.504 e. The van der Waals surface area contributed by atoms with Gasteiger partial charge in [0, 0.05) is 24.6 Å². The van der Waals surface area contributed by atoms with E-state index in [1.54, 1.807) is 6.07 Å². The first-order chi connectivity index (χ1) is 9.97. The van der Waals surface area contributed by atoms with Crippen LogP contribution in [0.25, 0.3) is 0 Å². The number of nitrogens with one attached hydrogen (secondary N) is 2. The van der Waals surface area contributed by atoms with Gasteiger partial charge in [0.05, 0.1) is 7.11 Å². The first-order valence-electron chi connectivity index (χ1n) is 6.92. The second-order valence-electron chi connectivity index (χ2n) is 4.77. The zero-order valence-corrected chi connectivity index (χ0v) is 12.6. The fraction of sp³-hybridized carbons (Fsp3) is 0.467. The molecule has 0 spiro atoms. The number of hydrogen-bond acceptors (Lipinski definition) is 4. The van der Waals surface area contributed by atoms with Gasteiger partial charge in [-0.05, 0) is 31.5 Å². The van der Waals surface area contributed by atoms with E-state index in [0.717, 1.165) is 6.42 Å². The molecule has 1 aromatic rings. The highest BCUT2D eigenvalue weighted by molar-refractivity contribution is 5.95. The van der Waals surface area contributed by atoms with Crippen LogP contribution in [0, 0.1) is 0 Å². The van der Waals surface area contributed by atoms with E-state index >= 15 is 0 Å². The van der Waals surface area contributed by atoms with Gasteiger partial charge < -0.3 is 20.5 Å². The van der Waals surface area contributed by atoms with Crippen LogP contribution in [-0.4, -0.2) is 36.6 Å². The van der Waals surface area contributed by atoms with E-state index in [1.807, 2.05) is 13.8 Å². The minimum Gasteiger partial charge on any atom is -0.504 e. The molecule has 0 aromatic heterocycles. The van der Waals surface area contributed by atoms with Crippen LogP contribution in [0.2, 0.25) is 0 Å². The third-order valence-electron chi connectivity index (χ3n) is 3.10. The maximum atomic E-state index is 11.9. The third kappa shape index (κ3) is 5.33. The lowest BCUT2D eigenvalue weighted by molar-refractivity contribution is -0.121. The molecule has 1 rings (SSSR count). The first-order valence-corrected chi connectivity index (χ1v) is 6.92. The Morgan fingerprint density at radius 2 is 2.10 bits per heavy atom. The highest BCUT2D eigenvalue weighted by Gasteiger charge is 2.10. The molecule has 0 aliphatic rings. The molecule has 1 aromatic carbocycles. The molecule has 116 valence electrons. The highest BCUT2D eigenvalue weighted by atomic mass is 16.5. The van der Waals surface area contributed by atoms with Gasteiger partial charge in [0.1, 0.15) is 0 Å². The summed E-state index contributed by atoms with van der Waals surface area (Å²) in [4.78, 5) is 23.4. The first kappa shape index (κ1) is 16.8. The van der Waals surface area contributed by atoms with Crippen LogP contribution in [0.15, 0.2) is 18.2 Å². The Labute approximate surface area is 124 Å². The summed E-state index contributed by atoms with van der Waals surface area (Å²) in [6.45, 7) is 4.16. The molecule has 0 aliphatic heterocycles. The molecular formula is C15H22N2O4. The topological polar surface area (TPSA) is 87.7 Å². The van der Waals surface area contributed by atoms with Crippen LogP contribution in [0.3, 0.4) is 0 Å². The predicted molar refractivity (Wildman–Crippen MR) is 79.5 cm³/mol. The number of aromatic hydroxyl groups is 1. The SMILES string of the molecule is CCC(C)NC(=O)CCNC(=O)c1ccc(OC)c(O)c1. The zero-order valence-electron chi connectivity index (χ0n) is 12.6. The monoisotopic (exact) mass is 294 g/mol. The Bertz CT molecular complexity index is 502. The summed E-state index contributed by atoms with van der Waals surface area (Å²) in [5, 5.41) is 15.1. The minimum absolute atomic E-state index is 0.0952. The normalized spacial score (nSPS) is 11.6. The van der Waals surface area contributed by atoms with Crippen molar-refractivity contribution in [2.24, 2.45) is 0 Å². The van der Waals surface area contributed by atoms with Crippen molar-refractivity contribution in [1.29, 1.82) is 0 Å². The van der Waals surface area contributed by atoms with Gasteiger partial charge in [-0.25, -0.2) is 0 Å². The van der Waals surface area contributed by atoms with Crippen molar-refractivity contribution >= 4 is 11.8 Å². The van der Waals surface area contributed by atoms with Crippen molar-refractivity contribution in [1.82, 2.24) is 10.6 Å². The van der Waals surface area contributed by atoms with E-state index < -0.39 is 0 Å². The number of carbonyl (C=O) groups is 2. The predicted octanol–water partition coefficient (Wildman–Crippen LogP) is 1.44. The number of phenols is 1. The number of hydrogen-bond donors (Lipinski definition) is 3. The highest BCUT2D eigenvalue weighted by Crippen LogP contribution is 2.25. The van der Waals surface area contributed by atoms with Crippen molar-refractivity contribution in [3.05, 3.63) is 23.8 Å². The van der Waals surface area contributed by atoms with Gasteiger partial charge in [-0.3, -0.25) is 9.59 Å². The van der Waals surface area contributed by atoms with E-state index in [2.05, 4.69) is 10.6 Å². The lowest BCUT2D eigenvalue weighted by atomic mass is 10.2. The van der Waals surface area contributed by atoms with Gasteiger partial charge in [-0.2, -0.15) is 0 Å². The van der Waals surface area contributed by atoms with Gasteiger partial charge in [-0.15, -0.1) is 0 Å². The number of phenolic OH excluding ortho intramolecular Hbond substituents is 1. The van der Waals surface area contributed by atoms with Gasteiger partial charge in [0.15, 0.2) is 11.5 Å². The molecule has 1 atom stereocenters. The molecule has 0 bridgehead atoms. The number of methoxy groups -OCH3 is 1. The summed E-state index contributed by atoms with van der Waals surface area (Å²) in [5.41, 5.74) is 0.315.